The van der Waals surface area contributed by atoms with Gasteiger partial charge in [0.1, 0.15) is 0 Å². The first-order valence-electron chi connectivity index (χ1n) is 6.75. The zero-order valence-corrected chi connectivity index (χ0v) is 10.4. The highest BCUT2D eigenvalue weighted by atomic mass is 16.3. The Kier molecular flexibility index (Phi) is 5.02. The first kappa shape index (κ1) is 12.6. The molecule has 0 bridgehead atoms. The second-order valence-corrected chi connectivity index (χ2v) is 5.07. The molecule has 2 rings (SSSR count). The average molecular weight is 233 g/mol. The molecule has 0 aromatic heterocycles. The van der Waals surface area contributed by atoms with Crippen LogP contribution in [-0.2, 0) is 6.42 Å². The summed E-state index contributed by atoms with van der Waals surface area (Å²) in [6, 6.07) is 10.6. The van der Waals surface area contributed by atoms with Crippen molar-refractivity contribution in [2.45, 2.75) is 25.7 Å². The lowest BCUT2D eigenvalue weighted by Gasteiger charge is -2.17. The van der Waals surface area contributed by atoms with Gasteiger partial charge >= 0.3 is 0 Å². The highest BCUT2D eigenvalue weighted by Gasteiger charge is 2.25. The van der Waals surface area contributed by atoms with Crippen molar-refractivity contribution in [2.24, 2.45) is 11.8 Å². The van der Waals surface area contributed by atoms with Gasteiger partial charge in [-0.3, -0.25) is 0 Å². The van der Waals surface area contributed by atoms with E-state index in [9.17, 15) is 5.11 Å². The maximum atomic E-state index is 9.24. The third-order valence-corrected chi connectivity index (χ3v) is 3.89. The van der Waals surface area contributed by atoms with E-state index in [1.807, 2.05) is 0 Å². The molecular weight excluding hydrogens is 210 g/mol. The summed E-state index contributed by atoms with van der Waals surface area (Å²) in [5.41, 5.74) is 1.39. The van der Waals surface area contributed by atoms with Crippen LogP contribution in [0, 0.1) is 11.8 Å². The molecule has 0 radical (unpaired) electrons. The average Bonchev–Trinajstić information content (AvgIpc) is 2.83. The fraction of sp³-hybridized carbons (Fsp3) is 0.600. The van der Waals surface area contributed by atoms with Crippen LogP contribution >= 0.6 is 0 Å². The minimum atomic E-state index is 0.366. The Bertz CT molecular complexity index is 312. The Balaban J connectivity index is 1.63. The van der Waals surface area contributed by atoms with Gasteiger partial charge in [0.05, 0.1) is 0 Å². The number of rotatable bonds is 6. The van der Waals surface area contributed by atoms with Crippen LogP contribution in [0.3, 0.4) is 0 Å². The molecule has 1 aromatic rings. The van der Waals surface area contributed by atoms with Crippen molar-refractivity contribution in [3.63, 3.8) is 0 Å². The smallest absolute Gasteiger partial charge is 0.0462 e. The summed E-state index contributed by atoms with van der Waals surface area (Å²) in [6.45, 7) is 2.47. The Morgan fingerprint density at radius 1 is 1.12 bits per heavy atom. The van der Waals surface area contributed by atoms with Crippen LogP contribution in [0.2, 0.25) is 0 Å². The van der Waals surface area contributed by atoms with Crippen molar-refractivity contribution < 1.29 is 5.11 Å². The standard InChI is InChI=1S/C15H23NO/c17-12-15-8-4-7-14(15)11-16-10-9-13-5-2-1-3-6-13/h1-3,5-6,14-17H,4,7-12H2. The van der Waals surface area contributed by atoms with Crippen molar-refractivity contribution in [1.82, 2.24) is 5.32 Å². The normalized spacial score (nSPS) is 24.1. The molecule has 0 heterocycles. The van der Waals surface area contributed by atoms with E-state index in [0.29, 0.717) is 18.4 Å². The van der Waals surface area contributed by atoms with Gasteiger partial charge < -0.3 is 10.4 Å². The van der Waals surface area contributed by atoms with Crippen LogP contribution in [-0.4, -0.2) is 24.8 Å². The van der Waals surface area contributed by atoms with E-state index < -0.39 is 0 Å². The maximum Gasteiger partial charge on any atom is 0.0462 e. The van der Waals surface area contributed by atoms with Gasteiger partial charge in [0.15, 0.2) is 0 Å². The molecule has 17 heavy (non-hydrogen) atoms. The summed E-state index contributed by atoms with van der Waals surface area (Å²) in [6.07, 6.45) is 4.87. The largest absolute Gasteiger partial charge is 0.396 e. The third kappa shape index (κ3) is 3.83. The van der Waals surface area contributed by atoms with Gasteiger partial charge in [0, 0.05) is 6.61 Å². The number of aliphatic hydroxyl groups excluding tert-OH is 1. The van der Waals surface area contributed by atoms with Crippen LogP contribution in [0.4, 0.5) is 0 Å². The number of hydrogen-bond donors (Lipinski definition) is 2. The molecular formula is C15H23NO. The molecule has 0 saturated heterocycles. The second-order valence-electron chi connectivity index (χ2n) is 5.07. The summed E-state index contributed by atoms with van der Waals surface area (Å²) in [4.78, 5) is 0. The van der Waals surface area contributed by atoms with Gasteiger partial charge in [-0.15, -0.1) is 0 Å². The minimum absolute atomic E-state index is 0.366. The maximum absolute atomic E-state index is 9.24. The topological polar surface area (TPSA) is 32.3 Å². The lowest BCUT2D eigenvalue weighted by atomic mass is 9.97. The van der Waals surface area contributed by atoms with Gasteiger partial charge in [-0.05, 0) is 49.8 Å². The summed E-state index contributed by atoms with van der Waals surface area (Å²) < 4.78 is 0. The predicted octanol–water partition coefficient (Wildman–Crippen LogP) is 2.23. The summed E-state index contributed by atoms with van der Waals surface area (Å²) in [5.74, 6) is 1.23. The first-order valence-corrected chi connectivity index (χ1v) is 6.75. The zero-order chi connectivity index (χ0) is 11.9. The van der Waals surface area contributed by atoms with E-state index in [-0.39, 0.29) is 0 Å². The molecule has 1 aliphatic rings. The molecule has 0 spiro atoms. The lowest BCUT2D eigenvalue weighted by molar-refractivity contribution is 0.192. The molecule has 1 saturated carbocycles. The fourth-order valence-electron chi connectivity index (χ4n) is 2.79. The fourth-order valence-corrected chi connectivity index (χ4v) is 2.79. The first-order chi connectivity index (χ1) is 8.40. The minimum Gasteiger partial charge on any atom is -0.396 e. The van der Waals surface area contributed by atoms with E-state index >= 15 is 0 Å². The van der Waals surface area contributed by atoms with Crippen LogP contribution in [0.5, 0.6) is 0 Å². The Labute approximate surface area is 104 Å². The van der Waals surface area contributed by atoms with Crippen molar-refractivity contribution in [2.75, 3.05) is 19.7 Å². The monoisotopic (exact) mass is 233 g/mol. The van der Waals surface area contributed by atoms with Gasteiger partial charge in [-0.25, -0.2) is 0 Å². The van der Waals surface area contributed by atoms with E-state index in [0.717, 1.165) is 19.5 Å². The van der Waals surface area contributed by atoms with Gasteiger partial charge in [0.25, 0.3) is 0 Å². The Morgan fingerprint density at radius 3 is 2.65 bits per heavy atom. The Hall–Kier alpha value is -0.860. The van der Waals surface area contributed by atoms with Crippen molar-refractivity contribution >= 4 is 0 Å². The van der Waals surface area contributed by atoms with Crippen molar-refractivity contribution in [3.8, 4) is 0 Å². The third-order valence-electron chi connectivity index (χ3n) is 3.89. The molecule has 2 heteroatoms. The van der Waals surface area contributed by atoms with Crippen molar-refractivity contribution in [1.29, 1.82) is 0 Å². The number of hydrogen-bond acceptors (Lipinski definition) is 2. The molecule has 94 valence electrons. The SMILES string of the molecule is OCC1CCCC1CNCCc1ccccc1. The molecule has 2 nitrogen and oxygen atoms in total. The molecule has 1 fully saturated rings. The molecule has 0 aliphatic heterocycles. The van der Waals surface area contributed by atoms with E-state index in [1.54, 1.807) is 0 Å². The van der Waals surface area contributed by atoms with Crippen molar-refractivity contribution in [3.05, 3.63) is 35.9 Å². The van der Waals surface area contributed by atoms with Crippen LogP contribution in [0.15, 0.2) is 30.3 Å². The Morgan fingerprint density at radius 2 is 1.88 bits per heavy atom. The predicted molar refractivity (Wildman–Crippen MR) is 70.9 cm³/mol. The zero-order valence-electron chi connectivity index (χ0n) is 10.4. The quantitative estimate of drug-likeness (QED) is 0.739. The van der Waals surface area contributed by atoms with Crippen LogP contribution in [0.25, 0.3) is 0 Å². The van der Waals surface area contributed by atoms with Crippen LogP contribution < -0.4 is 5.32 Å². The summed E-state index contributed by atoms with van der Waals surface area (Å²) in [7, 11) is 0. The van der Waals surface area contributed by atoms with Gasteiger partial charge in [-0.1, -0.05) is 36.8 Å². The summed E-state index contributed by atoms with van der Waals surface area (Å²) in [5, 5.41) is 12.8. The van der Waals surface area contributed by atoms with E-state index in [1.165, 1.54) is 24.8 Å². The molecule has 1 aromatic carbocycles. The molecule has 2 atom stereocenters. The van der Waals surface area contributed by atoms with Gasteiger partial charge in [0.2, 0.25) is 0 Å². The highest BCUT2D eigenvalue weighted by molar-refractivity contribution is 5.14. The molecule has 1 aliphatic carbocycles. The molecule has 2 unspecified atom stereocenters. The summed E-state index contributed by atoms with van der Waals surface area (Å²) >= 11 is 0. The number of aliphatic hydroxyl groups is 1. The second kappa shape index (κ2) is 6.77. The highest BCUT2D eigenvalue weighted by Crippen LogP contribution is 2.30. The van der Waals surface area contributed by atoms with E-state index in [4.69, 9.17) is 0 Å². The van der Waals surface area contributed by atoms with Gasteiger partial charge in [-0.2, -0.15) is 0 Å². The lowest BCUT2D eigenvalue weighted by Crippen LogP contribution is -2.28. The number of nitrogens with one attached hydrogen (secondary N) is 1. The molecule has 2 N–H and O–H groups in total. The molecule has 0 amide bonds. The number of benzene rings is 1. The van der Waals surface area contributed by atoms with Crippen LogP contribution in [0.1, 0.15) is 24.8 Å². The van der Waals surface area contributed by atoms with E-state index in [2.05, 4.69) is 35.6 Å².